The van der Waals surface area contributed by atoms with E-state index in [0.29, 0.717) is 5.92 Å². The first-order valence-corrected chi connectivity index (χ1v) is 6.56. The van der Waals surface area contributed by atoms with E-state index in [9.17, 15) is 4.79 Å². The molecule has 1 fully saturated rings. The minimum Gasteiger partial charge on any atom is -0.338 e. The second kappa shape index (κ2) is 5.85. The van der Waals surface area contributed by atoms with Crippen LogP contribution in [0.25, 0.3) is 0 Å². The maximum absolute atomic E-state index is 12.2. The first-order chi connectivity index (χ1) is 7.59. The molecule has 1 amide bonds. The fourth-order valence-electron chi connectivity index (χ4n) is 2.08. The molecule has 0 aromatic carbocycles. The van der Waals surface area contributed by atoms with Crippen molar-refractivity contribution in [2.24, 2.45) is 11.7 Å². The van der Waals surface area contributed by atoms with E-state index in [4.69, 9.17) is 5.73 Å². The number of thiophene rings is 1. The number of carbonyl (C=O) groups excluding carboxylic acids is 1. The number of aryl methyl sites for hydroxylation is 1. The lowest BCUT2D eigenvalue weighted by Gasteiger charge is -2.35. The molecular weight excluding hydrogens is 256 g/mol. The van der Waals surface area contributed by atoms with Crippen LogP contribution in [0.2, 0.25) is 0 Å². The maximum Gasteiger partial charge on any atom is 0.264 e. The summed E-state index contributed by atoms with van der Waals surface area (Å²) in [5.74, 6) is 0.573. The van der Waals surface area contributed by atoms with E-state index in [2.05, 4.69) is 6.92 Å². The summed E-state index contributed by atoms with van der Waals surface area (Å²) in [5.41, 5.74) is 7.03. The number of carbonyl (C=O) groups is 1. The van der Waals surface area contributed by atoms with Gasteiger partial charge in [0.2, 0.25) is 0 Å². The first kappa shape index (κ1) is 14.5. The van der Waals surface area contributed by atoms with Gasteiger partial charge >= 0.3 is 0 Å². The fourth-order valence-corrected chi connectivity index (χ4v) is 2.98. The highest BCUT2D eigenvalue weighted by Gasteiger charge is 2.27. The topological polar surface area (TPSA) is 46.3 Å². The summed E-state index contributed by atoms with van der Waals surface area (Å²) in [6.07, 6.45) is 0.914. The molecule has 0 aliphatic carbocycles. The van der Waals surface area contributed by atoms with E-state index in [1.165, 1.54) is 11.3 Å². The normalized spacial score (nSPS) is 24.3. The molecule has 1 saturated heterocycles. The number of hydrogen-bond acceptors (Lipinski definition) is 3. The van der Waals surface area contributed by atoms with E-state index in [-0.39, 0.29) is 24.4 Å². The Bertz CT molecular complexity index is 394. The molecule has 0 bridgehead atoms. The number of likely N-dealkylation sites (tertiary alicyclic amines) is 1. The Balaban J connectivity index is 0.00000144. The van der Waals surface area contributed by atoms with Crippen molar-refractivity contribution in [3.8, 4) is 0 Å². The van der Waals surface area contributed by atoms with Gasteiger partial charge in [0.25, 0.3) is 5.91 Å². The SMILES string of the molecule is Cc1ccsc1C(=O)N1CCC(N)C(C)C1.Cl. The van der Waals surface area contributed by atoms with E-state index >= 15 is 0 Å². The van der Waals surface area contributed by atoms with Gasteiger partial charge in [0.15, 0.2) is 0 Å². The van der Waals surface area contributed by atoms with Crippen LogP contribution in [-0.4, -0.2) is 29.9 Å². The van der Waals surface area contributed by atoms with E-state index in [1.54, 1.807) is 0 Å². The van der Waals surface area contributed by atoms with Gasteiger partial charge in [-0.05, 0) is 36.3 Å². The molecule has 2 N–H and O–H groups in total. The lowest BCUT2D eigenvalue weighted by molar-refractivity contribution is 0.0668. The van der Waals surface area contributed by atoms with Crippen molar-refractivity contribution >= 4 is 29.7 Å². The lowest BCUT2D eigenvalue weighted by Crippen LogP contribution is -2.48. The summed E-state index contributed by atoms with van der Waals surface area (Å²) >= 11 is 1.53. The van der Waals surface area contributed by atoms with E-state index < -0.39 is 0 Å². The fraction of sp³-hybridized carbons (Fsp3) is 0.583. The van der Waals surface area contributed by atoms with Gasteiger partial charge < -0.3 is 10.6 Å². The number of piperidine rings is 1. The zero-order valence-corrected chi connectivity index (χ0v) is 11.8. The molecule has 96 valence electrons. The van der Waals surface area contributed by atoms with Gasteiger partial charge in [-0.3, -0.25) is 4.79 Å². The minimum absolute atomic E-state index is 0. The van der Waals surface area contributed by atoms with Gasteiger partial charge in [-0.2, -0.15) is 0 Å². The molecule has 2 heterocycles. The van der Waals surface area contributed by atoms with Crippen LogP contribution in [0.4, 0.5) is 0 Å². The van der Waals surface area contributed by atoms with Gasteiger partial charge in [0.05, 0.1) is 4.88 Å². The standard InChI is InChI=1S/C12H18N2OS.ClH/c1-8-4-6-16-11(8)12(15)14-5-3-10(13)9(2)7-14;/h4,6,9-10H,3,5,7,13H2,1-2H3;1H. The Labute approximate surface area is 112 Å². The lowest BCUT2D eigenvalue weighted by atomic mass is 9.94. The number of halogens is 1. The van der Waals surface area contributed by atoms with Crippen molar-refractivity contribution in [3.05, 3.63) is 21.9 Å². The van der Waals surface area contributed by atoms with Crippen LogP contribution in [0.3, 0.4) is 0 Å². The van der Waals surface area contributed by atoms with Gasteiger partial charge in [-0.15, -0.1) is 23.7 Å². The minimum atomic E-state index is 0. The molecule has 2 unspecified atom stereocenters. The zero-order valence-electron chi connectivity index (χ0n) is 10.2. The first-order valence-electron chi connectivity index (χ1n) is 5.68. The van der Waals surface area contributed by atoms with Gasteiger partial charge in [0, 0.05) is 19.1 Å². The maximum atomic E-state index is 12.2. The van der Waals surface area contributed by atoms with Gasteiger partial charge in [-0.1, -0.05) is 6.92 Å². The predicted molar refractivity (Wildman–Crippen MR) is 74.0 cm³/mol. The smallest absolute Gasteiger partial charge is 0.264 e. The summed E-state index contributed by atoms with van der Waals surface area (Å²) in [7, 11) is 0. The quantitative estimate of drug-likeness (QED) is 0.854. The van der Waals surface area contributed by atoms with Gasteiger partial charge in [0.1, 0.15) is 0 Å². The Morgan fingerprint density at radius 2 is 2.29 bits per heavy atom. The predicted octanol–water partition coefficient (Wildman–Crippen LogP) is 2.29. The molecule has 2 atom stereocenters. The molecule has 1 aromatic heterocycles. The molecule has 0 spiro atoms. The molecule has 1 aliphatic heterocycles. The Hall–Kier alpha value is -0.580. The zero-order chi connectivity index (χ0) is 11.7. The summed E-state index contributed by atoms with van der Waals surface area (Å²) in [6, 6.07) is 2.24. The molecule has 1 aliphatic rings. The average Bonchev–Trinajstić information content (AvgIpc) is 2.67. The van der Waals surface area contributed by atoms with E-state index in [0.717, 1.165) is 30.0 Å². The highest BCUT2D eigenvalue weighted by atomic mass is 35.5. The molecule has 17 heavy (non-hydrogen) atoms. The molecule has 5 heteroatoms. The van der Waals surface area contributed by atoms with Crippen LogP contribution >= 0.6 is 23.7 Å². The number of rotatable bonds is 1. The summed E-state index contributed by atoms with van der Waals surface area (Å²) in [6.45, 7) is 5.69. The van der Waals surface area contributed by atoms with Crippen molar-refractivity contribution in [1.82, 2.24) is 4.90 Å². The van der Waals surface area contributed by atoms with Gasteiger partial charge in [-0.25, -0.2) is 0 Å². The summed E-state index contributed by atoms with van der Waals surface area (Å²) in [5, 5.41) is 1.97. The number of amides is 1. The van der Waals surface area contributed by atoms with Crippen LogP contribution in [0, 0.1) is 12.8 Å². The third-order valence-electron chi connectivity index (χ3n) is 3.32. The van der Waals surface area contributed by atoms with Crippen molar-refractivity contribution in [1.29, 1.82) is 0 Å². The Kier molecular flexibility index (Phi) is 4.98. The number of hydrogen-bond donors (Lipinski definition) is 1. The molecule has 1 aromatic rings. The highest BCUT2D eigenvalue weighted by Crippen LogP contribution is 2.22. The van der Waals surface area contributed by atoms with E-state index in [1.807, 2.05) is 23.3 Å². The Morgan fingerprint density at radius 1 is 1.59 bits per heavy atom. The van der Waals surface area contributed by atoms with Crippen LogP contribution in [0.15, 0.2) is 11.4 Å². The number of nitrogens with two attached hydrogens (primary N) is 1. The second-order valence-electron chi connectivity index (χ2n) is 4.61. The highest BCUT2D eigenvalue weighted by molar-refractivity contribution is 7.12. The number of nitrogens with zero attached hydrogens (tertiary/aromatic N) is 1. The molecule has 3 nitrogen and oxygen atoms in total. The Morgan fingerprint density at radius 3 is 2.82 bits per heavy atom. The van der Waals surface area contributed by atoms with Crippen molar-refractivity contribution in [2.75, 3.05) is 13.1 Å². The molecular formula is C12H19ClN2OS. The third kappa shape index (κ3) is 3.00. The van der Waals surface area contributed by atoms with Crippen LogP contribution in [0.1, 0.15) is 28.6 Å². The molecule has 0 saturated carbocycles. The van der Waals surface area contributed by atoms with Crippen LogP contribution in [0.5, 0.6) is 0 Å². The second-order valence-corrected chi connectivity index (χ2v) is 5.53. The third-order valence-corrected chi connectivity index (χ3v) is 4.32. The van der Waals surface area contributed by atoms with Crippen molar-refractivity contribution in [2.45, 2.75) is 26.3 Å². The monoisotopic (exact) mass is 274 g/mol. The molecule has 0 radical (unpaired) electrons. The molecule has 2 rings (SSSR count). The van der Waals surface area contributed by atoms with Crippen molar-refractivity contribution < 1.29 is 4.79 Å². The summed E-state index contributed by atoms with van der Waals surface area (Å²) < 4.78 is 0. The average molecular weight is 275 g/mol. The van der Waals surface area contributed by atoms with Crippen LogP contribution < -0.4 is 5.73 Å². The largest absolute Gasteiger partial charge is 0.338 e. The van der Waals surface area contributed by atoms with Crippen molar-refractivity contribution in [3.63, 3.8) is 0 Å². The summed E-state index contributed by atoms with van der Waals surface area (Å²) in [4.78, 5) is 15.0. The van der Waals surface area contributed by atoms with Crippen LogP contribution in [-0.2, 0) is 0 Å².